The second-order valence-corrected chi connectivity index (χ2v) is 7.34. The van der Waals surface area contributed by atoms with Gasteiger partial charge >= 0.3 is 7.12 Å². The van der Waals surface area contributed by atoms with Gasteiger partial charge in [-0.2, -0.15) is 0 Å². The number of hydrogen-bond acceptors (Lipinski definition) is 6. The first-order chi connectivity index (χ1) is 14.5. The Kier molecular flexibility index (Phi) is 5.90. The van der Waals surface area contributed by atoms with E-state index in [0.717, 1.165) is 24.1 Å². The normalized spacial score (nSPS) is 16.2. The summed E-state index contributed by atoms with van der Waals surface area (Å²) in [6.07, 6.45) is 0. The van der Waals surface area contributed by atoms with Crippen molar-refractivity contribution in [2.75, 3.05) is 39.8 Å². The Labute approximate surface area is 175 Å². The molecule has 0 unspecified atom stereocenters. The second-order valence-electron chi connectivity index (χ2n) is 7.34. The van der Waals surface area contributed by atoms with Crippen LogP contribution in [0.25, 0.3) is 4.85 Å². The van der Waals surface area contributed by atoms with Crippen molar-refractivity contribution in [3.05, 3.63) is 53.4 Å². The van der Waals surface area contributed by atoms with Crippen molar-refractivity contribution in [1.82, 2.24) is 9.80 Å². The molecule has 30 heavy (non-hydrogen) atoms. The lowest BCUT2D eigenvalue weighted by atomic mass is 9.80. The quantitative estimate of drug-likeness (QED) is 0.597. The number of ether oxygens (including phenoxy) is 2. The number of amides is 1. The first-order valence-corrected chi connectivity index (χ1v) is 9.74. The van der Waals surface area contributed by atoms with Crippen LogP contribution in [-0.2, 0) is 16.1 Å². The van der Waals surface area contributed by atoms with Crippen molar-refractivity contribution in [3.63, 3.8) is 0 Å². The summed E-state index contributed by atoms with van der Waals surface area (Å²) in [4.78, 5) is 19.8. The lowest BCUT2D eigenvalue weighted by Crippen LogP contribution is -2.48. The zero-order chi connectivity index (χ0) is 21.1. The molecule has 2 aromatic carbocycles. The summed E-state index contributed by atoms with van der Waals surface area (Å²) >= 11 is 0. The van der Waals surface area contributed by atoms with Gasteiger partial charge in [0, 0.05) is 32.2 Å². The molecule has 1 N–H and O–H groups in total. The lowest BCUT2D eigenvalue weighted by Gasteiger charge is -2.32. The van der Waals surface area contributed by atoms with Crippen LogP contribution in [0.4, 0.5) is 5.69 Å². The van der Waals surface area contributed by atoms with Gasteiger partial charge < -0.3 is 29.0 Å². The number of piperazine rings is 1. The molecule has 0 spiro atoms. The van der Waals surface area contributed by atoms with E-state index in [1.165, 1.54) is 0 Å². The van der Waals surface area contributed by atoms with Crippen LogP contribution in [-0.4, -0.2) is 67.7 Å². The van der Waals surface area contributed by atoms with Crippen LogP contribution in [0.5, 0.6) is 17.2 Å². The maximum Gasteiger partial charge on any atom is 0.491 e. The Morgan fingerprint density at radius 1 is 1.20 bits per heavy atom. The van der Waals surface area contributed by atoms with Crippen molar-refractivity contribution in [1.29, 1.82) is 0 Å². The molecule has 154 valence electrons. The third kappa shape index (κ3) is 4.41. The van der Waals surface area contributed by atoms with Crippen LogP contribution < -0.4 is 14.9 Å². The van der Waals surface area contributed by atoms with Crippen LogP contribution >= 0.6 is 0 Å². The van der Waals surface area contributed by atoms with E-state index in [4.69, 9.17) is 20.7 Å². The predicted octanol–water partition coefficient (Wildman–Crippen LogP) is 1.40. The maximum atomic E-state index is 12.4. The number of carbonyl (C=O) groups excluding carboxylic acids is 1. The molecule has 1 fully saturated rings. The number of benzene rings is 2. The van der Waals surface area contributed by atoms with Crippen LogP contribution in [0.2, 0.25) is 0 Å². The molecular weight excluding hydrogens is 385 g/mol. The van der Waals surface area contributed by atoms with E-state index in [0.29, 0.717) is 42.6 Å². The van der Waals surface area contributed by atoms with Crippen LogP contribution in [0, 0.1) is 6.57 Å². The monoisotopic (exact) mass is 407 g/mol. The van der Waals surface area contributed by atoms with Crippen molar-refractivity contribution in [2.24, 2.45) is 0 Å². The Balaban J connectivity index is 1.43. The fourth-order valence-electron chi connectivity index (χ4n) is 3.46. The molecule has 0 saturated carbocycles. The highest BCUT2D eigenvalue weighted by Gasteiger charge is 2.27. The molecule has 1 saturated heterocycles. The summed E-state index contributed by atoms with van der Waals surface area (Å²) < 4.78 is 16.8. The third-order valence-corrected chi connectivity index (χ3v) is 5.27. The maximum absolute atomic E-state index is 12.4. The summed E-state index contributed by atoms with van der Waals surface area (Å²) in [5, 5.41) is 9.73. The summed E-state index contributed by atoms with van der Waals surface area (Å²) in [6, 6.07) is 10.2. The van der Waals surface area contributed by atoms with Gasteiger partial charge in [0.2, 0.25) is 5.69 Å². The molecule has 0 aromatic heterocycles. The predicted molar refractivity (Wildman–Crippen MR) is 111 cm³/mol. The minimum absolute atomic E-state index is 0.0949. The average Bonchev–Trinajstić information content (AvgIpc) is 3.13. The fraction of sp³-hybridized carbons (Fsp3) is 0.333. The van der Waals surface area contributed by atoms with Gasteiger partial charge in [-0.3, -0.25) is 4.79 Å². The molecule has 2 aliphatic rings. The van der Waals surface area contributed by atoms with Crippen LogP contribution in [0.3, 0.4) is 0 Å². The van der Waals surface area contributed by atoms with E-state index in [-0.39, 0.29) is 12.5 Å². The molecule has 0 atom stereocenters. The molecule has 9 heteroatoms. The molecule has 0 radical (unpaired) electrons. The summed E-state index contributed by atoms with van der Waals surface area (Å²) in [5.74, 6) is 1.29. The van der Waals surface area contributed by atoms with Crippen LogP contribution in [0.15, 0.2) is 36.4 Å². The summed E-state index contributed by atoms with van der Waals surface area (Å²) in [6.45, 7) is 10.6. The average molecular weight is 407 g/mol. The van der Waals surface area contributed by atoms with Gasteiger partial charge in [-0.25, -0.2) is 4.85 Å². The highest BCUT2D eigenvalue weighted by Crippen LogP contribution is 2.34. The highest BCUT2D eigenvalue weighted by atomic mass is 16.5. The van der Waals surface area contributed by atoms with E-state index in [1.54, 1.807) is 35.2 Å². The van der Waals surface area contributed by atoms with Crippen molar-refractivity contribution in [3.8, 4) is 17.2 Å². The van der Waals surface area contributed by atoms with Gasteiger partial charge in [-0.1, -0.05) is 6.07 Å². The fourth-order valence-corrected chi connectivity index (χ4v) is 3.46. The van der Waals surface area contributed by atoms with Crippen molar-refractivity contribution in [2.45, 2.75) is 6.61 Å². The molecule has 2 aromatic rings. The van der Waals surface area contributed by atoms with Gasteiger partial charge in [0.1, 0.15) is 17.2 Å². The Hall–Kier alpha value is -3.06. The van der Waals surface area contributed by atoms with E-state index in [1.807, 2.05) is 13.1 Å². The first-order valence-electron chi connectivity index (χ1n) is 9.74. The molecule has 0 bridgehead atoms. The molecule has 8 nitrogen and oxygen atoms in total. The molecule has 2 heterocycles. The van der Waals surface area contributed by atoms with Crippen LogP contribution in [0.1, 0.15) is 5.56 Å². The number of fused-ring (bicyclic) bond motifs is 1. The number of nitrogens with zero attached hydrogens (tertiary/aromatic N) is 3. The van der Waals surface area contributed by atoms with Gasteiger partial charge in [-0.05, 0) is 42.3 Å². The topological polar surface area (TPSA) is 75.8 Å². The lowest BCUT2D eigenvalue weighted by molar-refractivity contribution is -0.134. The Bertz CT molecular complexity index is 985. The van der Waals surface area contributed by atoms with Gasteiger partial charge in [0.15, 0.2) is 6.61 Å². The van der Waals surface area contributed by atoms with E-state index < -0.39 is 7.12 Å². The van der Waals surface area contributed by atoms with Gasteiger partial charge in [0.05, 0.1) is 13.2 Å². The standard InChI is InChI=1S/C21H22BN3O5/c1-23-19-6-4-17(30-16-3-5-18-15(11-16)13-29-22(18)27)12-20(19)28-14-21(26)25-9-7-24(2)8-10-25/h3-6,11-12,27H,7-10,13-14H2,2H3. The number of hydrogen-bond donors (Lipinski definition) is 1. The number of likely N-dealkylation sites (N-methyl/N-ethyl adjacent to an activating group) is 1. The van der Waals surface area contributed by atoms with E-state index in [2.05, 4.69) is 9.74 Å². The highest BCUT2D eigenvalue weighted by molar-refractivity contribution is 6.61. The largest absolute Gasteiger partial charge is 0.495 e. The minimum atomic E-state index is -0.898. The Morgan fingerprint density at radius 3 is 2.70 bits per heavy atom. The van der Waals surface area contributed by atoms with E-state index >= 15 is 0 Å². The Morgan fingerprint density at radius 2 is 1.93 bits per heavy atom. The van der Waals surface area contributed by atoms with E-state index in [9.17, 15) is 9.82 Å². The van der Waals surface area contributed by atoms with Gasteiger partial charge in [0.25, 0.3) is 5.91 Å². The summed E-state index contributed by atoms with van der Waals surface area (Å²) in [5.41, 5.74) is 1.92. The zero-order valence-electron chi connectivity index (χ0n) is 16.7. The summed E-state index contributed by atoms with van der Waals surface area (Å²) in [7, 11) is 1.13. The zero-order valence-corrected chi connectivity index (χ0v) is 16.7. The number of rotatable bonds is 5. The third-order valence-electron chi connectivity index (χ3n) is 5.27. The molecule has 0 aliphatic carbocycles. The second kappa shape index (κ2) is 8.75. The molecule has 2 aliphatic heterocycles. The SMILES string of the molecule is [C-]#[N+]c1ccc(Oc2ccc3c(c2)COB3O)cc1OCC(=O)N1CCN(C)CC1. The van der Waals surface area contributed by atoms with Crippen molar-refractivity contribution >= 4 is 24.2 Å². The molecular formula is C21H22BN3O5. The minimum Gasteiger partial charge on any atom is -0.495 e. The molecule has 1 amide bonds. The molecule has 4 rings (SSSR count). The van der Waals surface area contributed by atoms with Crippen molar-refractivity contribution < 1.29 is 23.9 Å². The first kappa shape index (κ1) is 20.2. The number of carbonyl (C=O) groups is 1. The van der Waals surface area contributed by atoms with Gasteiger partial charge in [-0.15, -0.1) is 0 Å². The smallest absolute Gasteiger partial charge is 0.491 e.